The van der Waals surface area contributed by atoms with Gasteiger partial charge in [0.25, 0.3) is 0 Å². The highest BCUT2D eigenvalue weighted by atomic mass is 32.2. The van der Waals surface area contributed by atoms with Gasteiger partial charge in [-0.3, -0.25) is 0 Å². The van der Waals surface area contributed by atoms with Gasteiger partial charge in [-0.15, -0.1) is 5.48 Å². The first kappa shape index (κ1) is 14.2. The third kappa shape index (κ3) is 5.81. The van der Waals surface area contributed by atoms with Crippen LogP contribution in [0.15, 0.2) is 0 Å². The highest BCUT2D eigenvalue weighted by molar-refractivity contribution is 7.99. The molecule has 5 nitrogen and oxygen atoms in total. The number of rotatable bonds is 1. The molecule has 1 amide bonds. The maximum Gasteiger partial charge on any atom is 0.441 e. The van der Waals surface area contributed by atoms with Crippen molar-refractivity contribution in [3.63, 3.8) is 0 Å². The molecule has 1 N–H and O–H groups in total. The first-order valence-corrected chi connectivity index (χ1v) is 6.81. The fourth-order valence-corrected chi connectivity index (χ4v) is 2.53. The smallest absolute Gasteiger partial charge is 0.441 e. The molecule has 0 saturated carbocycles. The molecule has 98 valence electrons. The zero-order chi connectivity index (χ0) is 12.9. The van der Waals surface area contributed by atoms with Crippen molar-refractivity contribution in [3.8, 4) is 0 Å². The lowest BCUT2D eigenvalue weighted by Crippen LogP contribution is -2.36. The molecule has 6 heteroatoms. The van der Waals surface area contributed by atoms with Gasteiger partial charge in [0.2, 0.25) is 0 Å². The molecule has 1 fully saturated rings. The molecule has 0 aliphatic carbocycles. The summed E-state index contributed by atoms with van der Waals surface area (Å²) in [5.74, 6) is 1.34. The normalized spacial score (nSPS) is 20.5. The molecule has 1 unspecified atom stereocenters. The molecule has 17 heavy (non-hydrogen) atoms. The zero-order valence-electron chi connectivity index (χ0n) is 10.4. The Hall–Kier alpha value is -0.910. The lowest BCUT2D eigenvalue weighted by atomic mass is 10.1. The van der Waals surface area contributed by atoms with E-state index in [9.17, 15) is 9.59 Å². The molecular weight excluding hydrogens is 242 g/mol. The van der Waals surface area contributed by atoms with Gasteiger partial charge in [0.05, 0.1) is 5.92 Å². The summed E-state index contributed by atoms with van der Waals surface area (Å²) >= 11 is 1.73. The number of amides is 1. The van der Waals surface area contributed by atoms with Crippen LogP contribution in [0.1, 0.15) is 33.6 Å². The molecule has 1 aliphatic heterocycles. The average molecular weight is 261 g/mol. The Balaban J connectivity index is 2.25. The SMILES string of the molecule is CC(C)(C)OC(=O)NOC(=O)C1CCCSC1. The van der Waals surface area contributed by atoms with E-state index < -0.39 is 11.7 Å². The molecule has 0 radical (unpaired) electrons. The highest BCUT2D eigenvalue weighted by Crippen LogP contribution is 2.23. The molecule has 1 aliphatic rings. The van der Waals surface area contributed by atoms with Crippen molar-refractivity contribution < 1.29 is 19.2 Å². The maximum absolute atomic E-state index is 11.6. The Labute approximate surface area is 106 Å². The molecule has 1 rings (SSSR count). The first-order valence-electron chi connectivity index (χ1n) is 5.66. The number of hydrogen-bond acceptors (Lipinski definition) is 5. The van der Waals surface area contributed by atoms with Gasteiger partial charge < -0.3 is 9.57 Å². The fraction of sp³-hybridized carbons (Fsp3) is 0.818. The predicted octanol–water partition coefficient (Wildman–Crippen LogP) is 2.11. The Morgan fingerprint density at radius 1 is 1.35 bits per heavy atom. The lowest BCUT2D eigenvalue weighted by molar-refractivity contribution is -0.155. The van der Waals surface area contributed by atoms with Crippen molar-refractivity contribution in [1.82, 2.24) is 5.48 Å². The number of nitrogens with one attached hydrogen (secondary N) is 1. The summed E-state index contributed by atoms with van der Waals surface area (Å²) in [6.45, 7) is 5.23. The molecule has 0 aromatic heterocycles. The third-order valence-corrected chi connectivity index (χ3v) is 3.34. The summed E-state index contributed by atoms with van der Waals surface area (Å²) in [5, 5.41) is 0. The summed E-state index contributed by atoms with van der Waals surface area (Å²) in [4.78, 5) is 27.5. The summed E-state index contributed by atoms with van der Waals surface area (Å²) in [6, 6.07) is 0. The largest absolute Gasteiger partial charge is 0.442 e. The molecule has 1 saturated heterocycles. The van der Waals surface area contributed by atoms with E-state index in [0.717, 1.165) is 24.3 Å². The molecule has 1 heterocycles. The first-order chi connectivity index (χ1) is 7.88. The molecular formula is C11H19NO4S. The van der Waals surface area contributed by atoms with E-state index in [4.69, 9.17) is 9.57 Å². The summed E-state index contributed by atoms with van der Waals surface area (Å²) in [5.41, 5.74) is 1.42. The average Bonchev–Trinajstić information content (AvgIpc) is 2.25. The minimum Gasteiger partial charge on any atom is -0.442 e. The second-order valence-corrected chi connectivity index (χ2v) is 6.09. The standard InChI is InChI=1S/C11H19NO4S/c1-11(2,3)15-10(14)12-16-9(13)8-5-4-6-17-7-8/h8H,4-7H2,1-3H3,(H,12,14). The number of carbonyl (C=O) groups is 2. The Morgan fingerprint density at radius 2 is 2.06 bits per heavy atom. The molecule has 0 spiro atoms. The van der Waals surface area contributed by atoms with Crippen LogP contribution < -0.4 is 5.48 Å². The van der Waals surface area contributed by atoms with E-state index >= 15 is 0 Å². The molecule has 0 bridgehead atoms. The minimum absolute atomic E-state index is 0.122. The van der Waals surface area contributed by atoms with E-state index in [1.807, 2.05) is 5.48 Å². The van der Waals surface area contributed by atoms with Crippen LogP contribution in [0.5, 0.6) is 0 Å². The maximum atomic E-state index is 11.6. The van der Waals surface area contributed by atoms with Crippen LogP contribution in [0.4, 0.5) is 4.79 Å². The van der Waals surface area contributed by atoms with E-state index in [0.29, 0.717) is 0 Å². The zero-order valence-corrected chi connectivity index (χ0v) is 11.3. The van der Waals surface area contributed by atoms with Crippen LogP contribution >= 0.6 is 11.8 Å². The summed E-state index contributed by atoms with van der Waals surface area (Å²) in [6.07, 6.45) is 1.09. The lowest BCUT2D eigenvalue weighted by Gasteiger charge is -2.21. The van der Waals surface area contributed by atoms with E-state index in [-0.39, 0.29) is 11.9 Å². The van der Waals surface area contributed by atoms with Gasteiger partial charge in [-0.1, -0.05) is 0 Å². The van der Waals surface area contributed by atoms with Gasteiger partial charge in [-0.25, -0.2) is 9.59 Å². The number of hydroxylamine groups is 1. The second-order valence-electron chi connectivity index (χ2n) is 4.94. The fourth-order valence-electron chi connectivity index (χ4n) is 1.40. The van der Waals surface area contributed by atoms with E-state index in [1.165, 1.54) is 0 Å². The van der Waals surface area contributed by atoms with Crippen molar-refractivity contribution >= 4 is 23.8 Å². The van der Waals surface area contributed by atoms with Crippen LogP contribution in [-0.2, 0) is 14.4 Å². The van der Waals surface area contributed by atoms with Crippen LogP contribution in [0.2, 0.25) is 0 Å². The van der Waals surface area contributed by atoms with Crippen LogP contribution in [-0.4, -0.2) is 29.2 Å². The van der Waals surface area contributed by atoms with Crippen LogP contribution in [0, 0.1) is 5.92 Å². The Morgan fingerprint density at radius 3 is 2.59 bits per heavy atom. The van der Waals surface area contributed by atoms with Gasteiger partial charge in [0, 0.05) is 5.75 Å². The highest BCUT2D eigenvalue weighted by Gasteiger charge is 2.24. The Bertz CT molecular complexity index is 282. The molecule has 0 aromatic rings. The monoisotopic (exact) mass is 261 g/mol. The molecule has 0 aromatic carbocycles. The van der Waals surface area contributed by atoms with E-state index in [2.05, 4.69) is 0 Å². The number of carbonyl (C=O) groups excluding carboxylic acids is 2. The van der Waals surface area contributed by atoms with E-state index in [1.54, 1.807) is 32.5 Å². The van der Waals surface area contributed by atoms with Crippen LogP contribution in [0.3, 0.4) is 0 Å². The summed E-state index contributed by atoms with van der Waals surface area (Å²) in [7, 11) is 0. The topological polar surface area (TPSA) is 64.6 Å². The number of thioether (sulfide) groups is 1. The number of hydrogen-bond donors (Lipinski definition) is 1. The second kappa shape index (κ2) is 6.14. The van der Waals surface area contributed by atoms with Gasteiger partial charge in [0.15, 0.2) is 0 Å². The molecule has 1 atom stereocenters. The Kier molecular flexibility index (Phi) is 5.11. The number of ether oxygens (including phenoxy) is 1. The minimum atomic E-state index is -0.741. The van der Waals surface area contributed by atoms with Crippen molar-refractivity contribution in [3.05, 3.63) is 0 Å². The van der Waals surface area contributed by atoms with Gasteiger partial charge >= 0.3 is 12.1 Å². The van der Waals surface area contributed by atoms with Crippen molar-refractivity contribution in [2.24, 2.45) is 5.92 Å². The van der Waals surface area contributed by atoms with Crippen molar-refractivity contribution in [2.75, 3.05) is 11.5 Å². The van der Waals surface area contributed by atoms with Crippen molar-refractivity contribution in [1.29, 1.82) is 0 Å². The van der Waals surface area contributed by atoms with Gasteiger partial charge in [-0.05, 0) is 39.4 Å². The summed E-state index contributed by atoms with van der Waals surface area (Å²) < 4.78 is 4.94. The van der Waals surface area contributed by atoms with Gasteiger partial charge in [-0.2, -0.15) is 11.8 Å². The van der Waals surface area contributed by atoms with Crippen LogP contribution in [0.25, 0.3) is 0 Å². The predicted molar refractivity (Wildman–Crippen MR) is 65.5 cm³/mol. The van der Waals surface area contributed by atoms with Gasteiger partial charge in [0.1, 0.15) is 5.60 Å². The quantitative estimate of drug-likeness (QED) is 0.732. The third-order valence-electron chi connectivity index (χ3n) is 2.13. The van der Waals surface area contributed by atoms with Crippen molar-refractivity contribution in [2.45, 2.75) is 39.2 Å².